The Balaban J connectivity index is 2.06. The van der Waals surface area contributed by atoms with Crippen LogP contribution >= 0.6 is 0 Å². The maximum absolute atomic E-state index is 3.51. The molecule has 1 N–H and O–H groups in total. The predicted octanol–water partition coefficient (Wildman–Crippen LogP) is -2.20. The van der Waals surface area contributed by atoms with Crippen LogP contribution in [0, 0.1) is 0 Å². The van der Waals surface area contributed by atoms with Crippen LogP contribution in [0.4, 0.5) is 0 Å². The first-order valence-electron chi connectivity index (χ1n) is 3.24. The van der Waals surface area contributed by atoms with E-state index >= 15 is 0 Å². The summed E-state index contributed by atoms with van der Waals surface area (Å²) in [7, 11) is 0. The number of hydrogen-bond donors (Lipinski definition) is 1. The van der Waals surface area contributed by atoms with Crippen LogP contribution in [-0.4, -0.2) is 15.0 Å². The van der Waals surface area contributed by atoms with Crippen molar-refractivity contribution < 1.29 is 21.2 Å². The number of nitrogens with one attached hydrogen (secondary N) is 1. The average Bonchev–Trinajstić information content (AvgIpc) is 2.19. The maximum atomic E-state index is 3.51. The SMILES string of the molecule is CC[I-]C1CCCN1. The van der Waals surface area contributed by atoms with Crippen molar-refractivity contribution in [3.8, 4) is 0 Å². The average molecular weight is 226 g/mol. The zero-order valence-corrected chi connectivity index (χ0v) is 7.44. The molecule has 1 aliphatic rings. The minimum absolute atomic E-state index is 0.513. The van der Waals surface area contributed by atoms with Crippen molar-refractivity contribution in [3.05, 3.63) is 0 Å². The molecule has 1 nitrogen and oxygen atoms in total. The summed E-state index contributed by atoms with van der Waals surface area (Å²) in [5.41, 5.74) is 0. The third-order valence-corrected chi connectivity index (χ3v) is 4.35. The van der Waals surface area contributed by atoms with E-state index in [1.165, 1.54) is 23.8 Å². The van der Waals surface area contributed by atoms with Crippen LogP contribution in [0.5, 0.6) is 0 Å². The molecule has 0 aromatic carbocycles. The quantitative estimate of drug-likeness (QED) is 0.320. The van der Waals surface area contributed by atoms with Crippen LogP contribution in [-0.2, 0) is 0 Å². The van der Waals surface area contributed by atoms with E-state index in [1.54, 1.807) is 0 Å². The molecule has 0 bridgehead atoms. The summed E-state index contributed by atoms with van der Waals surface area (Å²) in [5.74, 6) is 0. The Kier molecular flexibility index (Phi) is 3.12. The van der Waals surface area contributed by atoms with Crippen LogP contribution in [0.1, 0.15) is 19.8 Å². The minimum atomic E-state index is 0.513. The van der Waals surface area contributed by atoms with Crippen LogP contribution in [0.25, 0.3) is 0 Å². The topological polar surface area (TPSA) is 12.0 Å². The fourth-order valence-electron chi connectivity index (χ4n) is 0.960. The fraction of sp³-hybridized carbons (Fsp3) is 1.00. The Morgan fingerprint density at radius 3 is 3.12 bits per heavy atom. The summed E-state index contributed by atoms with van der Waals surface area (Å²) < 4.78 is 2.41. The monoisotopic (exact) mass is 226 g/mol. The normalized spacial score (nSPS) is 29.4. The van der Waals surface area contributed by atoms with Gasteiger partial charge < -0.3 is 0 Å². The first-order valence-corrected chi connectivity index (χ1v) is 6.01. The molecule has 0 aromatic rings. The van der Waals surface area contributed by atoms with Crippen molar-refractivity contribution in [2.45, 2.75) is 23.8 Å². The molecule has 1 heterocycles. The van der Waals surface area contributed by atoms with E-state index in [1.807, 2.05) is 0 Å². The van der Waals surface area contributed by atoms with Gasteiger partial charge in [-0.05, 0) is 0 Å². The van der Waals surface area contributed by atoms with E-state index < -0.39 is 0 Å². The predicted molar refractivity (Wildman–Crippen MR) is 31.6 cm³/mol. The molecule has 0 saturated carbocycles. The molecule has 0 amide bonds. The second-order valence-electron chi connectivity index (χ2n) is 1.99. The number of halogens is 1. The number of alkyl halides is 2. The van der Waals surface area contributed by atoms with Gasteiger partial charge in [-0.3, -0.25) is 0 Å². The van der Waals surface area contributed by atoms with E-state index in [4.69, 9.17) is 0 Å². The van der Waals surface area contributed by atoms with Crippen LogP contribution in [0.15, 0.2) is 0 Å². The van der Waals surface area contributed by atoms with Gasteiger partial charge in [-0.15, -0.1) is 0 Å². The zero-order chi connectivity index (χ0) is 5.82. The van der Waals surface area contributed by atoms with Crippen molar-refractivity contribution in [2.24, 2.45) is 0 Å². The summed E-state index contributed by atoms with van der Waals surface area (Å²) in [6.45, 7) is 3.58. The van der Waals surface area contributed by atoms with Gasteiger partial charge >= 0.3 is 61.3 Å². The Bertz CT molecular complexity index is 59.5. The molecular weight excluding hydrogens is 213 g/mol. The second kappa shape index (κ2) is 3.67. The van der Waals surface area contributed by atoms with E-state index in [-0.39, 0.29) is 0 Å². The second-order valence-corrected chi connectivity index (χ2v) is 5.90. The van der Waals surface area contributed by atoms with Gasteiger partial charge in [-0.1, -0.05) is 0 Å². The number of rotatable bonds is 2. The van der Waals surface area contributed by atoms with E-state index in [2.05, 4.69) is 12.2 Å². The Morgan fingerprint density at radius 1 is 1.75 bits per heavy atom. The standard InChI is InChI=1S/C6H13IN/c1-2-7-6-4-3-5-8-6/h6,8H,2-5H2,1H3/q-1. The van der Waals surface area contributed by atoms with Gasteiger partial charge in [0.25, 0.3) is 0 Å². The van der Waals surface area contributed by atoms with Gasteiger partial charge in [0.05, 0.1) is 0 Å². The summed E-state index contributed by atoms with van der Waals surface area (Å²) in [5, 5.41) is 3.51. The van der Waals surface area contributed by atoms with Gasteiger partial charge in [0.15, 0.2) is 0 Å². The van der Waals surface area contributed by atoms with Crippen molar-refractivity contribution in [2.75, 3.05) is 11.0 Å². The fourth-order valence-corrected chi connectivity index (χ4v) is 3.53. The molecule has 0 spiro atoms. The van der Waals surface area contributed by atoms with Gasteiger partial charge in [0, 0.05) is 0 Å². The van der Waals surface area contributed by atoms with Gasteiger partial charge in [-0.2, -0.15) is 0 Å². The van der Waals surface area contributed by atoms with Crippen LogP contribution in [0.3, 0.4) is 0 Å². The molecule has 1 aliphatic heterocycles. The van der Waals surface area contributed by atoms with Gasteiger partial charge in [0.1, 0.15) is 0 Å². The summed E-state index contributed by atoms with van der Waals surface area (Å²) >= 11 is 0.513. The summed E-state index contributed by atoms with van der Waals surface area (Å²) in [6, 6.07) is 0. The number of hydrogen-bond acceptors (Lipinski definition) is 1. The first kappa shape index (κ1) is 6.81. The third-order valence-electron chi connectivity index (χ3n) is 1.34. The third kappa shape index (κ3) is 1.90. The molecule has 1 fully saturated rings. The van der Waals surface area contributed by atoms with Gasteiger partial charge in [-0.25, -0.2) is 0 Å². The molecule has 50 valence electrons. The Labute approximate surface area is 61.5 Å². The Morgan fingerprint density at radius 2 is 2.62 bits per heavy atom. The molecule has 0 aliphatic carbocycles. The summed E-state index contributed by atoms with van der Waals surface area (Å²) in [6.07, 6.45) is 2.88. The Hall–Kier alpha value is 0.690. The molecule has 0 aromatic heterocycles. The molecule has 1 unspecified atom stereocenters. The van der Waals surface area contributed by atoms with Crippen LogP contribution in [0.2, 0.25) is 0 Å². The molecule has 1 atom stereocenters. The van der Waals surface area contributed by atoms with Crippen molar-refractivity contribution in [1.29, 1.82) is 0 Å². The zero-order valence-electron chi connectivity index (χ0n) is 5.28. The van der Waals surface area contributed by atoms with Crippen molar-refractivity contribution >= 4 is 0 Å². The van der Waals surface area contributed by atoms with E-state index in [9.17, 15) is 0 Å². The van der Waals surface area contributed by atoms with Gasteiger partial charge in [0.2, 0.25) is 0 Å². The molecular formula is C6H13IN-. The van der Waals surface area contributed by atoms with Crippen molar-refractivity contribution in [1.82, 2.24) is 5.32 Å². The molecule has 1 rings (SSSR count). The molecule has 1 saturated heterocycles. The first-order chi connectivity index (χ1) is 3.93. The molecule has 8 heavy (non-hydrogen) atoms. The van der Waals surface area contributed by atoms with E-state index in [0.717, 1.165) is 4.05 Å². The molecule has 0 radical (unpaired) electrons. The van der Waals surface area contributed by atoms with Crippen LogP contribution < -0.4 is 26.5 Å². The van der Waals surface area contributed by atoms with E-state index in [0.29, 0.717) is 21.2 Å². The van der Waals surface area contributed by atoms with Crippen molar-refractivity contribution in [3.63, 3.8) is 0 Å². The summed E-state index contributed by atoms with van der Waals surface area (Å²) in [4.78, 5) is 0. The molecule has 2 heteroatoms.